The van der Waals surface area contributed by atoms with Crippen molar-refractivity contribution in [2.24, 2.45) is 0 Å². The summed E-state index contributed by atoms with van der Waals surface area (Å²) in [6.07, 6.45) is 2.87. The van der Waals surface area contributed by atoms with Crippen LogP contribution in [0.1, 0.15) is 23.9 Å². The Hall–Kier alpha value is -2.21. The fourth-order valence-corrected chi connectivity index (χ4v) is 2.49. The van der Waals surface area contributed by atoms with Gasteiger partial charge in [-0.3, -0.25) is 0 Å². The van der Waals surface area contributed by atoms with Gasteiger partial charge in [-0.25, -0.2) is 4.98 Å². The summed E-state index contributed by atoms with van der Waals surface area (Å²) in [5.74, 6) is 1.42. The molecule has 0 N–H and O–H groups in total. The number of ether oxygens (including phenoxy) is 1. The molecule has 0 aromatic carbocycles. The number of hydrogen-bond acceptors (Lipinski definition) is 5. The Morgan fingerprint density at radius 1 is 1.30 bits per heavy atom. The maximum atomic E-state index is 5.35. The molecule has 4 heterocycles. The summed E-state index contributed by atoms with van der Waals surface area (Å²) in [6, 6.07) is 5.97. The zero-order chi connectivity index (χ0) is 13.5. The van der Waals surface area contributed by atoms with Crippen LogP contribution in [-0.4, -0.2) is 32.7 Å². The van der Waals surface area contributed by atoms with Crippen molar-refractivity contribution in [2.45, 2.75) is 19.3 Å². The Morgan fingerprint density at radius 3 is 3.05 bits per heavy atom. The lowest BCUT2D eigenvalue weighted by Gasteiger charge is -1.97. The number of aromatic nitrogens is 4. The normalized spacial score (nSPS) is 18.9. The van der Waals surface area contributed by atoms with Crippen LogP contribution in [0, 0.1) is 6.92 Å². The van der Waals surface area contributed by atoms with Crippen LogP contribution >= 0.6 is 0 Å². The highest BCUT2D eigenvalue weighted by Gasteiger charge is 2.24. The van der Waals surface area contributed by atoms with Crippen molar-refractivity contribution in [1.82, 2.24) is 19.5 Å². The topological polar surface area (TPSA) is 65.5 Å². The molecule has 0 unspecified atom stereocenters. The minimum Gasteiger partial charge on any atom is -0.381 e. The summed E-state index contributed by atoms with van der Waals surface area (Å²) in [5.41, 5.74) is 2.70. The van der Waals surface area contributed by atoms with Gasteiger partial charge >= 0.3 is 0 Å². The monoisotopic (exact) mass is 270 g/mol. The molecule has 0 radical (unpaired) electrons. The predicted molar refractivity (Wildman–Crippen MR) is 71.4 cm³/mol. The van der Waals surface area contributed by atoms with Crippen LogP contribution in [0.2, 0.25) is 0 Å². The van der Waals surface area contributed by atoms with Gasteiger partial charge in [0, 0.05) is 24.4 Å². The molecule has 3 aromatic heterocycles. The predicted octanol–water partition coefficient (Wildman–Crippen LogP) is 2.20. The Balaban J connectivity index is 1.73. The quantitative estimate of drug-likeness (QED) is 0.714. The molecule has 0 saturated carbocycles. The molecule has 1 aliphatic heterocycles. The molecule has 0 spiro atoms. The van der Waals surface area contributed by atoms with Crippen LogP contribution in [0.25, 0.3) is 17.2 Å². The molecule has 1 saturated heterocycles. The summed E-state index contributed by atoms with van der Waals surface area (Å²) in [7, 11) is 0. The Kier molecular flexibility index (Phi) is 2.56. The third-order valence-electron chi connectivity index (χ3n) is 3.65. The summed E-state index contributed by atoms with van der Waals surface area (Å²) in [4.78, 5) is 8.97. The number of imidazole rings is 1. The molecule has 6 nitrogen and oxygen atoms in total. The van der Waals surface area contributed by atoms with Crippen LogP contribution in [0.5, 0.6) is 0 Å². The Labute approximate surface area is 115 Å². The number of rotatable bonds is 2. The van der Waals surface area contributed by atoms with Crippen LogP contribution in [0.15, 0.2) is 28.9 Å². The van der Waals surface area contributed by atoms with E-state index in [1.807, 2.05) is 35.7 Å². The molecular formula is C14H14N4O2. The molecule has 0 aliphatic carbocycles. The first-order chi connectivity index (χ1) is 9.81. The van der Waals surface area contributed by atoms with Crippen molar-refractivity contribution in [2.75, 3.05) is 13.2 Å². The van der Waals surface area contributed by atoms with E-state index in [0.29, 0.717) is 24.0 Å². The molecule has 1 aliphatic rings. The molecule has 1 fully saturated rings. The molecule has 20 heavy (non-hydrogen) atoms. The van der Waals surface area contributed by atoms with Crippen LogP contribution in [0.4, 0.5) is 0 Å². The highest BCUT2D eigenvalue weighted by molar-refractivity contribution is 5.54. The largest absolute Gasteiger partial charge is 0.381 e. The molecule has 102 valence electrons. The number of nitrogens with zero attached hydrogens (tertiary/aromatic N) is 4. The first-order valence-electron chi connectivity index (χ1n) is 6.68. The smallest absolute Gasteiger partial charge is 0.278 e. The van der Waals surface area contributed by atoms with E-state index in [-0.39, 0.29) is 5.92 Å². The van der Waals surface area contributed by atoms with E-state index in [2.05, 4.69) is 15.1 Å². The highest BCUT2D eigenvalue weighted by atomic mass is 16.5. The summed E-state index contributed by atoms with van der Waals surface area (Å²) in [5, 5.41) is 4.05. The molecule has 1 atom stereocenters. The molecule has 6 heteroatoms. The van der Waals surface area contributed by atoms with E-state index in [1.54, 1.807) is 0 Å². The SMILES string of the molecule is Cc1cccc2nc(-c3nc([C@H]4CCOC4)no3)cn12. The molecule has 0 bridgehead atoms. The first-order valence-corrected chi connectivity index (χ1v) is 6.68. The van der Waals surface area contributed by atoms with Crippen LogP contribution < -0.4 is 0 Å². The van der Waals surface area contributed by atoms with Crippen LogP contribution in [0.3, 0.4) is 0 Å². The van der Waals surface area contributed by atoms with Gasteiger partial charge in [-0.2, -0.15) is 4.98 Å². The van der Waals surface area contributed by atoms with Crippen molar-refractivity contribution < 1.29 is 9.26 Å². The second-order valence-corrected chi connectivity index (χ2v) is 5.04. The van der Waals surface area contributed by atoms with Crippen LogP contribution in [-0.2, 0) is 4.74 Å². The van der Waals surface area contributed by atoms with Gasteiger partial charge in [-0.05, 0) is 25.5 Å². The average molecular weight is 270 g/mol. The molecule has 4 rings (SSSR count). The number of aryl methyl sites for hydroxylation is 1. The summed E-state index contributed by atoms with van der Waals surface area (Å²) >= 11 is 0. The van der Waals surface area contributed by atoms with Gasteiger partial charge in [0.05, 0.1) is 6.61 Å². The summed E-state index contributed by atoms with van der Waals surface area (Å²) < 4.78 is 12.7. The third kappa shape index (κ3) is 1.80. The highest BCUT2D eigenvalue weighted by Crippen LogP contribution is 2.25. The lowest BCUT2D eigenvalue weighted by molar-refractivity contribution is 0.192. The number of hydrogen-bond donors (Lipinski definition) is 0. The zero-order valence-corrected chi connectivity index (χ0v) is 11.1. The zero-order valence-electron chi connectivity index (χ0n) is 11.1. The van der Waals surface area contributed by atoms with E-state index in [9.17, 15) is 0 Å². The van der Waals surface area contributed by atoms with Gasteiger partial charge in [-0.15, -0.1) is 0 Å². The second kappa shape index (κ2) is 4.42. The number of fused-ring (bicyclic) bond motifs is 1. The number of pyridine rings is 1. The van der Waals surface area contributed by atoms with Gasteiger partial charge in [0.15, 0.2) is 5.82 Å². The van der Waals surface area contributed by atoms with Gasteiger partial charge in [-0.1, -0.05) is 11.2 Å². The lowest BCUT2D eigenvalue weighted by Crippen LogP contribution is -1.99. The van der Waals surface area contributed by atoms with E-state index < -0.39 is 0 Å². The second-order valence-electron chi connectivity index (χ2n) is 5.04. The summed E-state index contributed by atoms with van der Waals surface area (Å²) in [6.45, 7) is 3.47. The minimum absolute atomic E-state index is 0.242. The van der Waals surface area contributed by atoms with Gasteiger partial charge in [0.1, 0.15) is 11.3 Å². The standard InChI is InChI=1S/C14H14N4O2/c1-9-3-2-4-12-15-11(7-18(9)12)14-16-13(17-20-14)10-5-6-19-8-10/h2-4,7,10H,5-6,8H2,1H3/t10-/m0/s1. The van der Waals surface area contributed by atoms with Crippen molar-refractivity contribution in [3.8, 4) is 11.6 Å². The molecular weight excluding hydrogens is 256 g/mol. The van der Waals surface area contributed by atoms with E-state index >= 15 is 0 Å². The van der Waals surface area contributed by atoms with Gasteiger partial charge < -0.3 is 13.7 Å². The van der Waals surface area contributed by atoms with E-state index in [0.717, 1.165) is 24.4 Å². The van der Waals surface area contributed by atoms with Crippen molar-refractivity contribution in [3.63, 3.8) is 0 Å². The van der Waals surface area contributed by atoms with E-state index in [1.165, 1.54) is 0 Å². The van der Waals surface area contributed by atoms with E-state index in [4.69, 9.17) is 9.26 Å². The maximum Gasteiger partial charge on any atom is 0.278 e. The fraction of sp³-hybridized carbons (Fsp3) is 0.357. The Bertz CT molecular complexity index is 755. The molecule has 0 amide bonds. The Morgan fingerprint density at radius 2 is 2.25 bits per heavy atom. The average Bonchev–Trinajstić information content (AvgIpc) is 3.18. The lowest BCUT2D eigenvalue weighted by atomic mass is 10.1. The fourth-order valence-electron chi connectivity index (χ4n) is 2.49. The minimum atomic E-state index is 0.242. The molecule has 3 aromatic rings. The maximum absolute atomic E-state index is 5.35. The van der Waals surface area contributed by atoms with Crippen molar-refractivity contribution in [1.29, 1.82) is 0 Å². The van der Waals surface area contributed by atoms with Gasteiger partial charge in [0.25, 0.3) is 5.89 Å². The van der Waals surface area contributed by atoms with Gasteiger partial charge in [0.2, 0.25) is 0 Å². The third-order valence-corrected chi connectivity index (χ3v) is 3.65. The van der Waals surface area contributed by atoms with Crippen molar-refractivity contribution >= 4 is 5.65 Å². The van der Waals surface area contributed by atoms with Crippen molar-refractivity contribution in [3.05, 3.63) is 35.9 Å². The first kappa shape index (κ1) is 11.6.